The Hall–Kier alpha value is -1.70. The van der Waals surface area contributed by atoms with Gasteiger partial charge in [-0.1, -0.05) is 51.1 Å². The van der Waals surface area contributed by atoms with Gasteiger partial charge < -0.3 is 18.6 Å². The van der Waals surface area contributed by atoms with E-state index in [1.54, 1.807) is 6.92 Å². The summed E-state index contributed by atoms with van der Waals surface area (Å²) in [6.07, 6.45) is -0.502. The molecule has 1 aromatic carbocycles. The van der Waals surface area contributed by atoms with Crippen molar-refractivity contribution in [2.45, 2.75) is 83.6 Å². The van der Waals surface area contributed by atoms with E-state index in [1.165, 1.54) is 0 Å². The van der Waals surface area contributed by atoms with E-state index < -0.39 is 20.5 Å². The van der Waals surface area contributed by atoms with Crippen LogP contribution in [0.2, 0.25) is 18.1 Å². The lowest BCUT2D eigenvalue weighted by atomic mass is 10.0. The van der Waals surface area contributed by atoms with Gasteiger partial charge in [-0.15, -0.1) is 0 Å². The second kappa shape index (κ2) is 10.6. The smallest absolute Gasteiger partial charge is 0.306 e. The van der Waals surface area contributed by atoms with Crippen molar-refractivity contribution < 1.29 is 28.2 Å². The third-order valence-electron chi connectivity index (χ3n) is 6.17. The molecular weight excluding hydrogens is 400 g/mol. The average Bonchev–Trinajstić information content (AvgIpc) is 2.96. The average molecular weight is 437 g/mol. The molecule has 0 N–H and O–H groups in total. The van der Waals surface area contributed by atoms with Crippen molar-refractivity contribution in [2.75, 3.05) is 6.61 Å². The molecule has 2 rings (SSSR count). The second-order valence-electron chi connectivity index (χ2n) is 9.38. The van der Waals surface area contributed by atoms with Gasteiger partial charge in [0.05, 0.1) is 25.7 Å². The molecule has 1 aliphatic carbocycles. The van der Waals surface area contributed by atoms with E-state index >= 15 is 0 Å². The minimum Gasteiger partial charge on any atom is -0.466 e. The van der Waals surface area contributed by atoms with E-state index in [0.29, 0.717) is 26.1 Å². The lowest BCUT2D eigenvalue weighted by Gasteiger charge is -2.39. The number of carbonyl (C=O) groups is 2. The molecule has 0 amide bonds. The predicted octanol–water partition coefficient (Wildman–Crippen LogP) is 4.48. The first-order valence-electron chi connectivity index (χ1n) is 10.7. The summed E-state index contributed by atoms with van der Waals surface area (Å²) in [6, 6.07) is 9.81. The molecule has 6 nitrogen and oxygen atoms in total. The molecule has 0 unspecified atom stereocenters. The van der Waals surface area contributed by atoms with E-state index in [1.807, 2.05) is 30.3 Å². The highest BCUT2D eigenvalue weighted by molar-refractivity contribution is 6.74. The molecule has 4 atom stereocenters. The molecule has 30 heavy (non-hydrogen) atoms. The Balaban J connectivity index is 2.23. The molecule has 1 saturated carbocycles. The van der Waals surface area contributed by atoms with Crippen LogP contribution in [-0.2, 0) is 34.8 Å². The van der Waals surface area contributed by atoms with Crippen molar-refractivity contribution in [2.24, 2.45) is 5.92 Å². The highest BCUT2D eigenvalue weighted by Gasteiger charge is 2.50. The van der Waals surface area contributed by atoms with Gasteiger partial charge in [-0.05, 0) is 37.0 Å². The van der Waals surface area contributed by atoms with Gasteiger partial charge in [0, 0.05) is 5.92 Å². The molecule has 0 saturated heterocycles. The third kappa shape index (κ3) is 6.40. The Morgan fingerprint density at radius 1 is 1.17 bits per heavy atom. The molecular formula is C23H36O6Si. The minimum atomic E-state index is -2.11. The Morgan fingerprint density at radius 2 is 1.83 bits per heavy atom. The molecule has 1 fully saturated rings. The first-order valence-corrected chi connectivity index (χ1v) is 13.6. The first kappa shape index (κ1) is 24.6. The van der Waals surface area contributed by atoms with E-state index in [4.69, 9.17) is 18.6 Å². The van der Waals surface area contributed by atoms with Gasteiger partial charge in [0.15, 0.2) is 14.4 Å². The van der Waals surface area contributed by atoms with Crippen molar-refractivity contribution in [3.63, 3.8) is 0 Å². The summed E-state index contributed by atoms with van der Waals surface area (Å²) in [5.41, 5.74) is 1.02. The number of benzene rings is 1. The second-order valence-corrected chi connectivity index (χ2v) is 14.1. The van der Waals surface area contributed by atoms with Gasteiger partial charge in [0.25, 0.3) is 6.47 Å². The van der Waals surface area contributed by atoms with Crippen LogP contribution in [0.5, 0.6) is 0 Å². The molecule has 0 aromatic heterocycles. The fourth-order valence-electron chi connectivity index (χ4n) is 3.58. The number of hydrogen-bond acceptors (Lipinski definition) is 6. The molecule has 168 valence electrons. The summed E-state index contributed by atoms with van der Waals surface area (Å²) in [4.78, 5) is 23.5. The standard InChI is InChI=1S/C23H36O6Si/c1-7-26-20(25)14-18-13-19(29-30(5,6)23(2,3)4)22(28-16-24)21(18)27-15-17-11-9-8-10-12-17/h8-12,16,18-19,21-22H,7,13-15H2,1-6H3/t18-,19+,21-,22+/m0/s1. The van der Waals surface area contributed by atoms with Gasteiger partial charge in [0.1, 0.15) is 6.10 Å². The first-order chi connectivity index (χ1) is 14.1. The minimum absolute atomic E-state index is 0.0123. The Labute approximate surface area is 181 Å². The topological polar surface area (TPSA) is 71.1 Å². The van der Waals surface area contributed by atoms with Crippen LogP contribution in [0, 0.1) is 5.92 Å². The summed E-state index contributed by atoms with van der Waals surface area (Å²) in [5, 5.41) is 0.0123. The van der Waals surface area contributed by atoms with Crippen LogP contribution in [-0.4, -0.2) is 45.7 Å². The maximum Gasteiger partial charge on any atom is 0.306 e. The summed E-state index contributed by atoms with van der Waals surface area (Å²) >= 11 is 0. The number of hydrogen-bond donors (Lipinski definition) is 0. The molecule has 1 aliphatic rings. The molecule has 0 heterocycles. The third-order valence-corrected chi connectivity index (χ3v) is 10.7. The Bertz CT molecular complexity index is 685. The van der Waals surface area contributed by atoms with Gasteiger partial charge >= 0.3 is 5.97 Å². The summed E-state index contributed by atoms with van der Waals surface area (Å²) in [7, 11) is -2.11. The van der Waals surface area contributed by atoms with Crippen molar-refractivity contribution in [1.82, 2.24) is 0 Å². The van der Waals surface area contributed by atoms with Crippen LogP contribution in [0.15, 0.2) is 30.3 Å². The van der Waals surface area contributed by atoms with E-state index in [9.17, 15) is 9.59 Å². The maximum absolute atomic E-state index is 12.2. The normalized spacial score (nSPS) is 24.5. The predicted molar refractivity (Wildman–Crippen MR) is 117 cm³/mol. The van der Waals surface area contributed by atoms with Crippen LogP contribution in [0.3, 0.4) is 0 Å². The summed E-state index contributed by atoms with van der Waals surface area (Å²) < 4.78 is 23.5. The van der Waals surface area contributed by atoms with Crippen LogP contribution in [0.1, 0.15) is 46.1 Å². The quantitative estimate of drug-likeness (QED) is 0.306. The molecule has 1 aromatic rings. The zero-order valence-electron chi connectivity index (χ0n) is 19.1. The van der Waals surface area contributed by atoms with Crippen LogP contribution in [0.25, 0.3) is 0 Å². The monoisotopic (exact) mass is 436 g/mol. The van der Waals surface area contributed by atoms with Gasteiger partial charge in [-0.2, -0.15) is 0 Å². The lowest BCUT2D eigenvalue weighted by molar-refractivity contribution is -0.151. The number of ether oxygens (including phenoxy) is 3. The molecule has 0 aliphatic heterocycles. The Kier molecular flexibility index (Phi) is 8.64. The molecule has 0 radical (unpaired) electrons. The Morgan fingerprint density at radius 3 is 2.40 bits per heavy atom. The SMILES string of the molecule is CCOC(=O)C[C@@H]1C[C@@H](O[Si](C)(C)C(C)(C)C)[C@@H](OC=O)[C@H]1OCc1ccccc1. The highest BCUT2D eigenvalue weighted by atomic mass is 28.4. The molecule has 0 spiro atoms. The van der Waals surface area contributed by atoms with Crippen molar-refractivity contribution >= 4 is 20.8 Å². The number of rotatable bonds is 10. The molecule has 7 heteroatoms. The zero-order valence-corrected chi connectivity index (χ0v) is 20.1. The van der Waals surface area contributed by atoms with Crippen LogP contribution in [0.4, 0.5) is 0 Å². The highest BCUT2D eigenvalue weighted by Crippen LogP contribution is 2.42. The summed E-state index contributed by atoms with van der Waals surface area (Å²) in [5.74, 6) is -0.416. The summed E-state index contributed by atoms with van der Waals surface area (Å²) in [6.45, 7) is 13.8. The largest absolute Gasteiger partial charge is 0.466 e. The molecule has 0 bridgehead atoms. The maximum atomic E-state index is 12.2. The van der Waals surface area contributed by atoms with Gasteiger partial charge in [-0.25, -0.2) is 0 Å². The van der Waals surface area contributed by atoms with Crippen molar-refractivity contribution in [3.05, 3.63) is 35.9 Å². The van der Waals surface area contributed by atoms with Crippen molar-refractivity contribution in [1.29, 1.82) is 0 Å². The fourth-order valence-corrected chi connectivity index (χ4v) is 4.92. The van der Waals surface area contributed by atoms with Crippen LogP contribution >= 0.6 is 0 Å². The number of carbonyl (C=O) groups excluding carboxylic acids is 2. The van der Waals surface area contributed by atoms with E-state index in [-0.39, 0.29) is 29.5 Å². The van der Waals surface area contributed by atoms with Gasteiger partial charge in [0.2, 0.25) is 0 Å². The van der Waals surface area contributed by atoms with Gasteiger partial charge in [-0.3, -0.25) is 9.59 Å². The zero-order chi connectivity index (χ0) is 22.4. The van der Waals surface area contributed by atoms with E-state index in [2.05, 4.69) is 33.9 Å². The van der Waals surface area contributed by atoms with Crippen molar-refractivity contribution in [3.8, 4) is 0 Å². The fraction of sp³-hybridized carbons (Fsp3) is 0.652. The number of esters is 1. The van der Waals surface area contributed by atoms with Crippen LogP contribution < -0.4 is 0 Å². The van der Waals surface area contributed by atoms with E-state index in [0.717, 1.165) is 5.56 Å². The lowest BCUT2D eigenvalue weighted by Crippen LogP contribution is -2.47.